The molecule has 23 heavy (non-hydrogen) atoms. The zero-order chi connectivity index (χ0) is 16.4. The number of aromatic nitrogens is 1. The smallest absolute Gasteiger partial charge is 0.270 e. The first-order chi connectivity index (χ1) is 11.0. The molecular formula is C18H23FN2O2. The molecule has 0 saturated carbocycles. The molecule has 124 valence electrons. The molecule has 0 bridgehead atoms. The number of methoxy groups -OCH3 is 1. The quantitative estimate of drug-likeness (QED) is 0.867. The lowest BCUT2D eigenvalue weighted by Crippen LogP contribution is -2.46. The summed E-state index contributed by atoms with van der Waals surface area (Å²) in [6, 6.07) is 9.80. The van der Waals surface area contributed by atoms with Gasteiger partial charge in [0.1, 0.15) is 11.4 Å². The number of hydrogen-bond donors (Lipinski definition) is 0. The van der Waals surface area contributed by atoms with Crippen molar-refractivity contribution in [3.05, 3.63) is 36.0 Å². The van der Waals surface area contributed by atoms with Crippen LogP contribution in [-0.2, 0) is 11.3 Å². The Labute approximate surface area is 135 Å². The Morgan fingerprint density at radius 1 is 1.39 bits per heavy atom. The van der Waals surface area contributed by atoms with Crippen LogP contribution in [0.25, 0.3) is 10.9 Å². The van der Waals surface area contributed by atoms with Crippen LogP contribution < -0.4 is 0 Å². The first kappa shape index (κ1) is 16.0. The molecule has 0 spiro atoms. The Morgan fingerprint density at radius 3 is 2.91 bits per heavy atom. The number of rotatable bonds is 4. The molecule has 1 amide bonds. The molecule has 1 saturated heterocycles. The Bertz CT molecular complexity index is 708. The minimum absolute atomic E-state index is 0.0964. The molecule has 1 fully saturated rings. The second-order valence-electron chi connectivity index (χ2n) is 6.48. The number of nitrogens with zero attached hydrogens (tertiary/aromatic N) is 2. The average molecular weight is 318 g/mol. The molecule has 1 aromatic heterocycles. The molecule has 4 nitrogen and oxygen atoms in total. The number of benzene rings is 1. The second kappa shape index (κ2) is 6.32. The van der Waals surface area contributed by atoms with Crippen LogP contribution in [0.1, 0.15) is 30.3 Å². The van der Waals surface area contributed by atoms with E-state index >= 15 is 0 Å². The number of fused-ring (bicyclic) bond motifs is 1. The highest BCUT2D eigenvalue weighted by Crippen LogP contribution is 2.27. The van der Waals surface area contributed by atoms with Crippen LogP contribution in [0.2, 0.25) is 0 Å². The summed E-state index contributed by atoms with van der Waals surface area (Å²) < 4.78 is 21.4. The molecule has 1 aliphatic heterocycles. The third-order valence-electron chi connectivity index (χ3n) is 4.48. The number of hydrogen-bond acceptors (Lipinski definition) is 2. The van der Waals surface area contributed by atoms with Gasteiger partial charge in [-0.3, -0.25) is 4.79 Å². The summed E-state index contributed by atoms with van der Waals surface area (Å²) in [5.74, 6) is -0.0964. The Morgan fingerprint density at radius 2 is 2.17 bits per heavy atom. The number of amides is 1. The fourth-order valence-corrected chi connectivity index (χ4v) is 3.34. The van der Waals surface area contributed by atoms with Crippen LogP contribution in [-0.4, -0.2) is 47.8 Å². The Balaban J connectivity index is 1.96. The van der Waals surface area contributed by atoms with E-state index in [0.29, 0.717) is 38.2 Å². The highest BCUT2D eigenvalue weighted by Gasteiger charge is 2.34. The summed E-state index contributed by atoms with van der Waals surface area (Å²) in [5, 5.41) is 1.02. The number of halogens is 1. The number of ether oxygens (including phenoxy) is 1. The first-order valence-electron chi connectivity index (χ1n) is 8.07. The summed E-state index contributed by atoms with van der Waals surface area (Å²) in [4.78, 5) is 14.6. The average Bonchev–Trinajstić information content (AvgIpc) is 2.89. The predicted octanol–water partition coefficient (Wildman–Crippen LogP) is 3.25. The van der Waals surface area contributed by atoms with Gasteiger partial charge in [-0.15, -0.1) is 0 Å². The van der Waals surface area contributed by atoms with Gasteiger partial charge in [0.25, 0.3) is 5.91 Å². The van der Waals surface area contributed by atoms with E-state index < -0.39 is 5.67 Å². The van der Waals surface area contributed by atoms with E-state index in [9.17, 15) is 9.18 Å². The maximum absolute atomic E-state index is 14.3. The van der Waals surface area contributed by atoms with Crippen molar-refractivity contribution in [2.75, 3.05) is 26.8 Å². The van der Waals surface area contributed by atoms with E-state index in [2.05, 4.69) is 0 Å². The van der Waals surface area contributed by atoms with Gasteiger partial charge in [-0.05, 0) is 31.9 Å². The van der Waals surface area contributed by atoms with Crippen molar-refractivity contribution in [2.24, 2.45) is 0 Å². The molecule has 1 unspecified atom stereocenters. The summed E-state index contributed by atoms with van der Waals surface area (Å²) in [7, 11) is 1.65. The Hall–Kier alpha value is -1.88. The van der Waals surface area contributed by atoms with E-state index in [1.54, 1.807) is 18.9 Å². The number of likely N-dealkylation sites (tertiary alicyclic amines) is 1. The minimum Gasteiger partial charge on any atom is -0.383 e. The monoisotopic (exact) mass is 318 g/mol. The van der Waals surface area contributed by atoms with E-state index in [-0.39, 0.29) is 12.5 Å². The molecule has 1 aromatic carbocycles. The van der Waals surface area contributed by atoms with Crippen LogP contribution in [0.4, 0.5) is 4.39 Å². The van der Waals surface area contributed by atoms with Gasteiger partial charge in [0, 0.05) is 31.1 Å². The lowest BCUT2D eigenvalue weighted by molar-refractivity contribution is 0.0408. The van der Waals surface area contributed by atoms with E-state index in [1.807, 2.05) is 34.9 Å². The van der Waals surface area contributed by atoms with Gasteiger partial charge in [-0.25, -0.2) is 4.39 Å². The van der Waals surface area contributed by atoms with Crippen molar-refractivity contribution in [3.63, 3.8) is 0 Å². The van der Waals surface area contributed by atoms with Crippen LogP contribution in [0.5, 0.6) is 0 Å². The van der Waals surface area contributed by atoms with Gasteiger partial charge in [0.15, 0.2) is 0 Å². The maximum atomic E-state index is 14.3. The Kier molecular flexibility index (Phi) is 4.39. The normalized spacial score (nSPS) is 21.8. The summed E-state index contributed by atoms with van der Waals surface area (Å²) in [5.41, 5.74) is 0.325. The minimum atomic E-state index is -1.29. The molecular weight excluding hydrogens is 295 g/mol. The van der Waals surface area contributed by atoms with Crippen LogP contribution in [0.15, 0.2) is 30.3 Å². The standard InChI is InChI=1S/C18H23FN2O2/c1-18(19)8-5-9-20(13-18)17(22)16-12-14-6-3-4-7-15(14)21(16)10-11-23-2/h3-4,6-7,12H,5,8-11,13H2,1-2H3. The van der Waals surface area contributed by atoms with Gasteiger partial charge in [-0.2, -0.15) is 0 Å². The summed E-state index contributed by atoms with van der Waals surface area (Å²) in [6.45, 7) is 3.49. The lowest BCUT2D eigenvalue weighted by Gasteiger charge is -2.35. The molecule has 0 radical (unpaired) electrons. The molecule has 0 N–H and O–H groups in total. The highest BCUT2D eigenvalue weighted by atomic mass is 19.1. The fourth-order valence-electron chi connectivity index (χ4n) is 3.34. The number of alkyl halides is 1. The van der Waals surface area contributed by atoms with E-state index in [1.165, 1.54) is 0 Å². The van der Waals surface area contributed by atoms with Crippen molar-refractivity contribution in [1.29, 1.82) is 0 Å². The molecule has 1 atom stereocenters. The zero-order valence-electron chi connectivity index (χ0n) is 13.7. The third-order valence-corrected chi connectivity index (χ3v) is 4.48. The third kappa shape index (κ3) is 3.24. The molecule has 3 rings (SSSR count). The highest BCUT2D eigenvalue weighted by molar-refractivity contribution is 5.98. The number of carbonyl (C=O) groups excluding carboxylic acids is 1. The maximum Gasteiger partial charge on any atom is 0.270 e. The fraction of sp³-hybridized carbons (Fsp3) is 0.500. The number of para-hydroxylation sites is 1. The van der Waals surface area contributed by atoms with Gasteiger partial charge >= 0.3 is 0 Å². The molecule has 1 aliphatic rings. The summed E-state index contributed by atoms with van der Waals surface area (Å²) in [6.07, 6.45) is 1.22. The van der Waals surface area contributed by atoms with Crippen molar-refractivity contribution in [1.82, 2.24) is 9.47 Å². The SMILES string of the molecule is COCCn1c(C(=O)N2CCCC(C)(F)C2)cc2ccccc21. The number of piperidine rings is 1. The van der Waals surface area contributed by atoms with Crippen molar-refractivity contribution in [3.8, 4) is 0 Å². The molecule has 0 aliphatic carbocycles. The predicted molar refractivity (Wildman–Crippen MR) is 88.5 cm³/mol. The van der Waals surface area contributed by atoms with Crippen LogP contribution >= 0.6 is 0 Å². The zero-order valence-corrected chi connectivity index (χ0v) is 13.7. The number of carbonyl (C=O) groups is 1. The van der Waals surface area contributed by atoms with Gasteiger partial charge in [0.2, 0.25) is 0 Å². The van der Waals surface area contributed by atoms with Gasteiger partial charge < -0.3 is 14.2 Å². The van der Waals surface area contributed by atoms with Crippen molar-refractivity contribution < 1.29 is 13.9 Å². The van der Waals surface area contributed by atoms with Gasteiger partial charge in [-0.1, -0.05) is 18.2 Å². The second-order valence-corrected chi connectivity index (χ2v) is 6.48. The van der Waals surface area contributed by atoms with Crippen LogP contribution in [0.3, 0.4) is 0 Å². The summed E-state index contributed by atoms with van der Waals surface area (Å²) >= 11 is 0. The van der Waals surface area contributed by atoms with E-state index in [4.69, 9.17) is 4.74 Å². The lowest BCUT2D eigenvalue weighted by atomic mass is 9.97. The van der Waals surface area contributed by atoms with Crippen molar-refractivity contribution in [2.45, 2.75) is 32.0 Å². The largest absolute Gasteiger partial charge is 0.383 e. The van der Waals surface area contributed by atoms with Crippen LogP contribution in [0, 0.1) is 0 Å². The molecule has 5 heteroatoms. The molecule has 2 aromatic rings. The van der Waals surface area contributed by atoms with Gasteiger partial charge in [0.05, 0.1) is 13.2 Å². The molecule has 2 heterocycles. The van der Waals surface area contributed by atoms with Crippen molar-refractivity contribution >= 4 is 16.8 Å². The first-order valence-corrected chi connectivity index (χ1v) is 8.07. The topological polar surface area (TPSA) is 34.5 Å². The van der Waals surface area contributed by atoms with E-state index in [0.717, 1.165) is 10.9 Å².